The topological polar surface area (TPSA) is 72.3 Å². The molecular weight excluding hydrogens is 527 g/mol. The van der Waals surface area contributed by atoms with Crippen LogP contribution in [0.4, 0.5) is 18.9 Å². The van der Waals surface area contributed by atoms with E-state index in [1.54, 1.807) is 18.3 Å². The first-order valence-corrected chi connectivity index (χ1v) is 14.2. The van der Waals surface area contributed by atoms with Crippen LogP contribution in [0.3, 0.4) is 0 Å². The van der Waals surface area contributed by atoms with Crippen LogP contribution in [-0.2, 0) is 19.1 Å². The predicted octanol–water partition coefficient (Wildman–Crippen LogP) is 5.83. The van der Waals surface area contributed by atoms with Gasteiger partial charge in [0.15, 0.2) is 0 Å². The maximum absolute atomic E-state index is 13.0. The van der Waals surface area contributed by atoms with Crippen molar-refractivity contribution in [2.45, 2.75) is 50.9 Å². The Morgan fingerprint density at radius 3 is 2.24 bits per heavy atom. The van der Waals surface area contributed by atoms with E-state index in [9.17, 15) is 18.0 Å². The molecular formula is C32H34F3N5O. The summed E-state index contributed by atoms with van der Waals surface area (Å²) in [5.41, 5.74) is 3.55. The Morgan fingerprint density at radius 1 is 0.927 bits per heavy atom. The largest absolute Gasteiger partial charge is 0.416 e. The first-order valence-electron chi connectivity index (χ1n) is 14.2. The monoisotopic (exact) mass is 561 g/mol. The van der Waals surface area contributed by atoms with Gasteiger partial charge < -0.3 is 10.2 Å². The van der Waals surface area contributed by atoms with Gasteiger partial charge in [0.25, 0.3) is 5.91 Å². The lowest BCUT2D eigenvalue weighted by Gasteiger charge is -2.34. The molecule has 0 spiro atoms. The molecule has 0 radical (unpaired) electrons. The van der Waals surface area contributed by atoms with Crippen LogP contribution in [0.15, 0.2) is 66.9 Å². The Morgan fingerprint density at radius 2 is 1.61 bits per heavy atom. The summed E-state index contributed by atoms with van der Waals surface area (Å²) in [5.74, 6) is 0.300. The summed E-state index contributed by atoms with van der Waals surface area (Å²) in [6.45, 7) is 4.20. The number of rotatable bonds is 7. The van der Waals surface area contributed by atoms with Crippen molar-refractivity contribution in [1.29, 1.82) is 5.26 Å². The number of nitrogens with zero attached hydrogens (tertiary/aromatic N) is 4. The number of nitrogens with one attached hydrogen (secondary N) is 1. The molecule has 1 amide bonds. The molecule has 2 aromatic carbocycles. The van der Waals surface area contributed by atoms with Crippen LogP contribution in [-0.4, -0.2) is 48.0 Å². The van der Waals surface area contributed by atoms with Gasteiger partial charge in [-0.05, 0) is 97.7 Å². The van der Waals surface area contributed by atoms with E-state index in [0.29, 0.717) is 17.2 Å². The molecule has 9 heteroatoms. The smallest absolute Gasteiger partial charge is 0.372 e. The van der Waals surface area contributed by atoms with E-state index < -0.39 is 11.7 Å². The molecule has 6 nitrogen and oxygen atoms in total. The van der Waals surface area contributed by atoms with Crippen LogP contribution >= 0.6 is 0 Å². The van der Waals surface area contributed by atoms with Crippen molar-refractivity contribution in [1.82, 2.24) is 15.2 Å². The maximum Gasteiger partial charge on any atom is 0.416 e. The normalized spacial score (nSPS) is 17.3. The van der Waals surface area contributed by atoms with E-state index >= 15 is 0 Å². The van der Waals surface area contributed by atoms with Crippen LogP contribution in [0.2, 0.25) is 0 Å². The first-order chi connectivity index (χ1) is 19.8. The number of hydrogen-bond acceptors (Lipinski definition) is 5. The quantitative estimate of drug-likeness (QED) is 0.393. The molecule has 2 aliphatic rings. The van der Waals surface area contributed by atoms with E-state index in [1.165, 1.54) is 5.56 Å². The van der Waals surface area contributed by atoms with Crippen LogP contribution in [0, 0.1) is 17.2 Å². The van der Waals surface area contributed by atoms with Gasteiger partial charge in [-0.25, -0.2) is 0 Å². The number of nitriles is 1. The summed E-state index contributed by atoms with van der Waals surface area (Å²) in [4.78, 5) is 21.8. The molecule has 0 aliphatic carbocycles. The van der Waals surface area contributed by atoms with Crippen LogP contribution in [0.5, 0.6) is 0 Å². The van der Waals surface area contributed by atoms with Gasteiger partial charge in [-0.15, -0.1) is 0 Å². The number of pyridine rings is 1. The summed E-state index contributed by atoms with van der Waals surface area (Å²) in [6.07, 6.45) is 1.84. The van der Waals surface area contributed by atoms with Crippen molar-refractivity contribution in [3.05, 3.63) is 94.8 Å². The van der Waals surface area contributed by atoms with E-state index in [1.807, 2.05) is 36.4 Å². The van der Waals surface area contributed by atoms with Crippen molar-refractivity contribution >= 4 is 11.6 Å². The molecule has 2 saturated heterocycles. The van der Waals surface area contributed by atoms with Crippen molar-refractivity contribution < 1.29 is 18.0 Å². The molecule has 5 rings (SSSR count). The molecule has 2 fully saturated rings. The number of piperidine rings is 2. The number of benzene rings is 2. The SMILES string of the molecule is N#Cc1ccc(CN2CCC(NC(=O)c3cc(CC4CCN(c5ccc(C(F)(F)F)cc5)CC4)ccn3)CC2)cc1. The van der Waals surface area contributed by atoms with Crippen LogP contribution in [0.25, 0.3) is 0 Å². The first kappa shape index (κ1) is 28.6. The second-order valence-corrected chi connectivity index (χ2v) is 11.1. The Labute approximate surface area is 238 Å². The van der Waals surface area contributed by atoms with Gasteiger partial charge in [0.2, 0.25) is 0 Å². The molecule has 0 atom stereocenters. The molecule has 0 saturated carbocycles. The highest BCUT2D eigenvalue weighted by Gasteiger charge is 2.30. The minimum absolute atomic E-state index is 0.111. The molecule has 1 aromatic heterocycles. The summed E-state index contributed by atoms with van der Waals surface area (Å²) >= 11 is 0. The van der Waals surface area contributed by atoms with E-state index in [4.69, 9.17) is 5.26 Å². The number of likely N-dealkylation sites (tertiary alicyclic amines) is 1. The number of hydrogen-bond donors (Lipinski definition) is 1. The number of carbonyl (C=O) groups excluding carboxylic acids is 1. The average molecular weight is 562 g/mol. The zero-order chi connectivity index (χ0) is 28.8. The lowest BCUT2D eigenvalue weighted by atomic mass is 9.90. The number of carbonyl (C=O) groups is 1. The van der Waals surface area contributed by atoms with Gasteiger partial charge in [-0.3, -0.25) is 14.7 Å². The van der Waals surface area contributed by atoms with Gasteiger partial charge in [-0.2, -0.15) is 18.4 Å². The summed E-state index contributed by atoms with van der Waals surface area (Å²) < 4.78 is 38.6. The fraction of sp³-hybridized carbons (Fsp3) is 0.406. The van der Waals surface area contributed by atoms with Gasteiger partial charge in [0.1, 0.15) is 5.69 Å². The summed E-state index contributed by atoms with van der Waals surface area (Å²) in [7, 11) is 0. The lowest BCUT2D eigenvalue weighted by Crippen LogP contribution is -2.44. The molecule has 41 heavy (non-hydrogen) atoms. The van der Waals surface area contributed by atoms with Gasteiger partial charge >= 0.3 is 6.18 Å². The molecule has 0 unspecified atom stereocenters. The number of anilines is 1. The predicted molar refractivity (Wildman–Crippen MR) is 151 cm³/mol. The Kier molecular flexibility index (Phi) is 8.89. The standard InChI is InChI=1S/C32H34F3N5O/c33-32(34,35)27-5-7-29(8-6-27)40-17-10-23(11-18-40)19-26-9-14-37-30(20-26)31(41)38-28-12-15-39(16-13-28)22-25-3-1-24(21-36)2-4-25/h1-9,14,20,23,28H,10-13,15-19,22H2,(H,38,41). The van der Waals surface area contributed by atoms with E-state index in [2.05, 4.69) is 26.2 Å². The number of halogens is 3. The molecule has 1 N–H and O–H groups in total. The van der Waals surface area contributed by atoms with Crippen molar-refractivity contribution in [2.24, 2.45) is 5.92 Å². The van der Waals surface area contributed by atoms with E-state index in [0.717, 1.165) is 88.2 Å². The third-order valence-electron chi connectivity index (χ3n) is 8.17. The van der Waals surface area contributed by atoms with Gasteiger partial charge in [0, 0.05) is 50.6 Å². The number of alkyl halides is 3. The zero-order valence-electron chi connectivity index (χ0n) is 22.9. The molecule has 3 heterocycles. The van der Waals surface area contributed by atoms with Crippen LogP contribution in [0.1, 0.15) is 58.4 Å². The zero-order valence-corrected chi connectivity index (χ0v) is 22.9. The summed E-state index contributed by atoms with van der Waals surface area (Å²) in [6, 6.07) is 19.2. The third-order valence-corrected chi connectivity index (χ3v) is 8.17. The number of amides is 1. The Hall–Kier alpha value is -3.90. The molecule has 3 aromatic rings. The highest BCUT2D eigenvalue weighted by Crippen LogP contribution is 2.32. The van der Waals surface area contributed by atoms with E-state index in [-0.39, 0.29) is 11.9 Å². The lowest BCUT2D eigenvalue weighted by molar-refractivity contribution is -0.137. The Balaban J connectivity index is 1.07. The van der Waals surface area contributed by atoms with Crippen molar-refractivity contribution in [3.8, 4) is 6.07 Å². The molecule has 2 aliphatic heterocycles. The summed E-state index contributed by atoms with van der Waals surface area (Å²) in [5, 5.41) is 12.1. The fourth-order valence-corrected chi connectivity index (χ4v) is 5.75. The Bertz CT molecular complexity index is 1350. The second-order valence-electron chi connectivity index (χ2n) is 11.1. The third kappa shape index (κ3) is 7.65. The second kappa shape index (κ2) is 12.7. The maximum atomic E-state index is 13.0. The molecule has 214 valence electrons. The van der Waals surface area contributed by atoms with Gasteiger partial charge in [0.05, 0.1) is 17.2 Å². The average Bonchev–Trinajstić information content (AvgIpc) is 2.99. The number of aromatic nitrogens is 1. The minimum atomic E-state index is -4.32. The molecule has 0 bridgehead atoms. The van der Waals surface area contributed by atoms with Gasteiger partial charge in [-0.1, -0.05) is 12.1 Å². The van der Waals surface area contributed by atoms with Crippen molar-refractivity contribution in [3.63, 3.8) is 0 Å². The van der Waals surface area contributed by atoms with Crippen LogP contribution < -0.4 is 10.2 Å². The fourth-order valence-electron chi connectivity index (χ4n) is 5.75. The minimum Gasteiger partial charge on any atom is -0.372 e. The van der Waals surface area contributed by atoms with Crippen molar-refractivity contribution in [2.75, 3.05) is 31.1 Å². The highest BCUT2D eigenvalue weighted by molar-refractivity contribution is 5.92. The highest BCUT2D eigenvalue weighted by atomic mass is 19.4.